The summed E-state index contributed by atoms with van der Waals surface area (Å²) in [5, 5.41) is 10.6. The summed E-state index contributed by atoms with van der Waals surface area (Å²) in [5.74, 6) is -0.446. The van der Waals surface area contributed by atoms with E-state index in [0.717, 1.165) is 25.7 Å². The number of nitro groups is 1. The number of fused-ring (bicyclic) bond motifs is 2. The van der Waals surface area contributed by atoms with Crippen molar-refractivity contribution in [1.82, 2.24) is 0 Å². The fraction of sp³-hybridized carbons (Fsp3) is 0.500. The van der Waals surface area contributed by atoms with Crippen LogP contribution in [0.25, 0.3) is 0 Å². The molecule has 2 saturated heterocycles. The summed E-state index contributed by atoms with van der Waals surface area (Å²) in [6.45, 7) is 0. The monoisotopic (exact) mass is 277 g/mol. The zero-order valence-corrected chi connectivity index (χ0v) is 10.9. The largest absolute Gasteiger partial charge is 0.456 e. The Morgan fingerprint density at radius 3 is 2.60 bits per heavy atom. The summed E-state index contributed by atoms with van der Waals surface area (Å²) in [5.41, 5.74) is 0.289. The van der Waals surface area contributed by atoms with E-state index in [9.17, 15) is 14.9 Å². The van der Waals surface area contributed by atoms with Gasteiger partial charge >= 0.3 is 5.97 Å². The lowest BCUT2D eigenvalue weighted by atomic mass is 10.1. The van der Waals surface area contributed by atoms with Gasteiger partial charge in [0.05, 0.1) is 22.7 Å². The quantitative estimate of drug-likeness (QED) is 0.481. The lowest BCUT2D eigenvalue weighted by molar-refractivity contribution is -0.384. The molecular weight excluding hydrogens is 262 g/mol. The predicted molar refractivity (Wildman–Crippen MR) is 69.4 cm³/mol. The molecular formula is C14H15NO5. The van der Waals surface area contributed by atoms with Gasteiger partial charge in [0, 0.05) is 12.1 Å². The molecule has 2 heterocycles. The zero-order chi connectivity index (χ0) is 14.1. The van der Waals surface area contributed by atoms with Gasteiger partial charge in [0.2, 0.25) is 0 Å². The van der Waals surface area contributed by atoms with E-state index < -0.39 is 10.9 Å². The van der Waals surface area contributed by atoms with Crippen LogP contribution >= 0.6 is 0 Å². The van der Waals surface area contributed by atoms with E-state index in [1.54, 1.807) is 0 Å². The van der Waals surface area contributed by atoms with E-state index in [-0.39, 0.29) is 17.9 Å². The molecule has 0 saturated carbocycles. The number of hydrogen-bond donors (Lipinski definition) is 0. The highest BCUT2D eigenvalue weighted by Gasteiger charge is 2.38. The maximum Gasteiger partial charge on any atom is 0.338 e. The Hall–Kier alpha value is -1.95. The van der Waals surface area contributed by atoms with Crippen LogP contribution in [-0.2, 0) is 9.47 Å². The molecule has 0 N–H and O–H groups in total. The van der Waals surface area contributed by atoms with Crippen molar-refractivity contribution in [3.63, 3.8) is 0 Å². The molecule has 1 aromatic rings. The third kappa shape index (κ3) is 2.51. The van der Waals surface area contributed by atoms with Crippen LogP contribution < -0.4 is 0 Å². The molecule has 6 nitrogen and oxygen atoms in total. The first-order valence-electron chi connectivity index (χ1n) is 6.74. The van der Waals surface area contributed by atoms with Crippen molar-refractivity contribution in [2.24, 2.45) is 0 Å². The molecule has 2 aliphatic rings. The molecule has 0 aliphatic carbocycles. The summed E-state index contributed by atoms with van der Waals surface area (Å²) in [6.07, 6.45) is 3.86. The highest BCUT2D eigenvalue weighted by molar-refractivity contribution is 5.89. The van der Waals surface area contributed by atoms with Crippen LogP contribution in [0.2, 0.25) is 0 Å². The molecule has 1 aromatic carbocycles. The van der Waals surface area contributed by atoms with Crippen LogP contribution in [0.4, 0.5) is 5.69 Å². The Bertz CT molecular complexity index is 527. The SMILES string of the molecule is O=C(O[C@@H]1CC[C@@H]2CC[C@@H]1O2)c1ccc([N+](=O)[O-])cc1. The van der Waals surface area contributed by atoms with Gasteiger partial charge < -0.3 is 9.47 Å². The van der Waals surface area contributed by atoms with Crippen LogP contribution in [-0.4, -0.2) is 29.2 Å². The van der Waals surface area contributed by atoms with Crippen molar-refractivity contribution in [1.29, 1.82) is 0 Å². The van der Waals surface area contributed by atoms with E-state index in [0.29, 0.717) is 11.7 Å². The van der Waals surface area contributed by atoms with E-state index >= 15 is 0 Å². The minimum Gasteiger partial charge on any atom is -0.456 e. The molecule has 3 atom stereocenters. The van der Waals surface area contributed by atoms with E-state index in [4.69, 9.17) is 9.47 Å². The summed E-state index contributed by atoms with van der Waals surface area (Å²) in [4.78, 5) is 22.1. The van der Waals surface area contributed by atoms with E-state index in [1.165, 1.54) is 24.3 Å². The van der Waals surface area contributed by atoms with Crippen LogP contribution in [0, 0.1) is 10.1 Å². The maximum absolute atomic E-state index is 12.0. The topological polar surface area (TPSA) is 78.7 Å². The van der Waals surface area contributed by atoms with E-state index in [2.05, 4.69) is 0 Å². The molecule has 0 spiro atoms. The van der Waals surface area contributed by atoms with Gasteiger partial charge in [0.15, 0.2) is 0 Å². The molecule has 3 rings (SSSR count). The fourth-order valence-corrected chi connectivity index (χ4v) is 2.81. The lowest BCUT2D eigenvalue weighted by Gasteiger charge is -2.28. The van der Waals surface area contributed by atoms with E-state index in [1.807, 2.05) is 0 Å². The minimum absolute atomic E-state index is 0.00995. The van der Waals surface area contributed by atoms with Gasteiger partial charge in [-0.2, -0.15) is 0 Å². The van der Waals surface area contributed by atoms with Crippen LogP contribution in [0.3, 0.4) is 0 Å². The van der Waals surface area contributed by atoms with Crippen LogP contribution in [0.5, 0.6) is 0 Å². The average Bonchev–Trinajstić information content (AvgIpc) is 2.85. The second-order valence-electron chi connectivity index (χ2n) is 5.20. The summed E-state index contributed by atoms with van der Waals surface area (Å²) < 4.78 is 11.2. The predicted octanol–water partition coefficient (Wildman–Crippen LogP) is 2.46. The van der Waals surface area contributed by atoms with Gasteiger partial charge in [0.25, 0.3) is 5.69 Å². The number of esters is 1. The summed E-state index contributed by atoms with van der Waals surface area (Å²) >= 11 is 0. The molecule has 2 aliphatic heterocycles. The smallest absolute Gasteiger partial charge is 0.338 e. The first kappa shape index (κ1) is 13.1. The Labute approximate surface area is 115 Å². The van der Waals surface area contributed by atoms with Crippen LogP contribution in [0.1, 0.15) is 36.0 Å². The Balaban J connectivity index is 1.65. The Morgan fingerprint density at radius 1 is 1.20 bits per heavy atom. The number of carbonyl (C=O) groups is 1. The molecule has 0 radical (unpaired) electrons. The molecule has 0 unspecified atom stereocenters. The number of nitro benzene ring substituents is 1. The van der Waals surface area contributed by atoms with Crippen molar-refractivity contribution in [2.75, 3.05) is 0 Å². The number of non-ortho nitro benzene ring substituents is 1. The third-order valence-corrected chi connectivity index (χ3v) is 3.90. The first-order chi connectivity index (χ1) is 9.63. The van der Waals surface area contributed by atoms with Crippen molar-refractivity contribution < 1.29 is 19.2 Å². The highest BCUT2D eigenvalue weighted by Crippen LogP contribution is 2.34. The van der Waals surface area contributed by atoms with Gasteiger partial charge in [-0.05, 0) is 37.8 Å². The van der Waals surface area contributed by atoms with Gasteiger partial charge in [-0.25, -0.2) is 4.79 Å². The molecule has 2 fully saturated rings. The second kappa shape index (κ2) is 5.20. The number of carbonyl (C=O) groups excluding carboxylic acids is 1. The van der Waals surface area contributed by atoms with Gasteiger partial charge in [-0.1, -0.05) is 0 Å². The van der Waals surface area contributed by atoms with Crippen molar-refractivity contribution in [3.8, 4) is 0 Å². The fourth-order valence-electron chi connectivity index (χ4n) is 2.81. The van der Waals surface area contributed by atoms with Gasteiger partial charge in [-0.15, -0.1) is 0 Å². The summed E-state index contributed by atoms with van der Waals surface area (Å²) in [6, 6.07) is 5.45. The maximum atomic E-state index is 12.0. The average molecular weight is 277 g/mol. The number of rotatable bonds is 3. The standard InChI is InChI=1S/C14H15NO5/c16-14(9-1-3-10(4-2-9)15(17)18)20-13-8-6-11-5-7-12(13)19-11/h1-4,11-13H,5-8H2/t11-,12-,13+/m0/s1. The number of benzene rings is 1. The van der Waals surface area contributed by atoms with Crippen LogP contribution in [0.15, 0.2) is 24.3 Å². The normalized spacial score (nSPS) is 28.1. The van der Waals surface area contributed by atoms with Gasteiger partial charge in [-0.3, -0.25) is 10.1 Å². The number of hydrogen-bond acceptors (Lipinski definition) is 5. The molecule has 106 valence electrons. The van der Waals surface area contributed by atoms with Gasteiger partial charge in [0.1, 0.15) is 6.10 Å². The number of ether oxygens (including phenoxy) is 2. The molecule has 2 bridgehead atoms. The van der Waals surface area contributed by atoms with Crippen molar-refractivity contribution >= 4 is 11.7 Å². The molecule has 0 amide bonds. The Morgan fingerprint density at radius 2 is 1.90 bits per heavy atom. The minimum atomic E-state index is -0.497. The second-order valence-corrected chi connectivity index (χ2v) is 5.20. The number of nitrogens with zero attached hydrogens (tertiary/aromatic N) is 1. The summed E-state index contributed by atoms with van der Waals surface area (Å²) in [7, 11) is 0. The highest BCUT2D eigenvalue weighted by atomic mass is 16.6. The lowest BCUT2D eigenvalue weighted by Crippen LogP contribution is -2.35. The molecule has 0 aromatic heterocycles. The molecule has 6 heteroatoms. The molecule has 20 heavy (non-hydrogen) atoms. The van der Waals surface area contributed by atoms with Crippen molar-refractivity contribution in [3.05, 3.63) is 39.9 Å². The first-order valence-corrected chi connectivity index (χ1v) is 6.74. The zero-order valence-electron chi connectivity index (χ0n) is 10.9. The Kier molecular flexibility index (Phi) is 3.40. The van der Waals surface area contributed by atoms with Crippen molar-refractivity contribution in [2.45, 2.75) is 44.0 Å². The third-order valence-electron chi connectivity index (χ3n) is 3.90.